The molecule has 3 N–H and O–H groups in total. The molecule has 2 amide bonds. The van der Waals surface area contributed by atoms with Crippen molar-refractivity contribution in [2.24, 2.45) is 0 Å². The number of rotatable bonds is 6. The van der Waals surface area contributed by atoms with Crippen molar-refractivity contribution in [3.8, 4) is 0 Å². The van der Waals surface area contributed by atoms with Crippen LogP contribution in [0.1, 0.15) is 11.3 Å². The Bertz CT molecular complexity index is 1050. The van der Waals surface area contributed by atoms with Crippen molar-refractivity contribution in [2.75, 3.05) is 10.0 Å². The Morgan fingerprint density at radius 3 is 2.50 bits per heavy atom. The Morgan fingerprint density at radius 2 is 1.82 bits per heavy atom. The Balaban J connectivity index is 1.60. The molecular weight excluding hydrogens is 378 g/mol. The lowest BCUT2D eigenvalue weighted by Crippen LogP contribution is -2.28. The summed E-state index contributed by atoms with van der Waals surface area (Å²) in [6, 6.07) is 14.2. The van der Waals surface area contributed by atoms with E-state index >= 15 is 0 Å². The summed E-state index contributed by atoms with van der Waals surface area (Å²) in [6.45, 7) is 2.11. The molecule has 9 heteroatoms. The number of carbonyl (C=O) groups is 1. The number of aromatic nitrogens is 2. The van der Waals surface area contributed by atoms with Crippen molar-refractivity contribution < 1.29 is 13.2 Å². The molecule has 28 heavy (non-hydrogen) atoms. The van der Waals surface area contributed by atoms with Gasteiger partial charge in [0.1, 0.15) is 5.82 Å². The molecule has 0 aliphatic rings. The lowest BCUT2D eigenvalue weighted by Gasteiger charge is -2.10. The zero-order valence-electron chi connectivity index (χ0n) is 15.1. The monoisotopic (exact) mass is 397 g/mol. The molecule has 0 spiro atoms. The molecule has 0 saturated carbocycles. The molecule has 0 radical (unpaired) electrons. The van der Waals surface area contributed by atoms with Crippen LogP contribution >= 0.6 is 0 Å². The smallest absolute Gasteiger partial charge is 0.319 e. The van der Waals surface area contributed by atoms with Gasteiger partial charge in [-0.25, -0.2) is 18.2 Å². The number of urea groups is 1. The molecule has 1 aromatic carbocycles. The van der Waals surface area contributed by atoms with E-state index in [1.807, 2.05) is 6.07 Å². The molecule has 0 unspecified atom stereocenters. The topological polar surface area (TPSA) is 113 Å². The average molecular weight is 397 g/mol. The summed E-state index contributed by atoms with van der Waals surface area (Å²) in [7, 11) is -3.77. The van der Waals surface area contributed by atoms with Gasteiger partial charge in [0.25, 0.3) is 10.0 Å². The van der Waals surface area contributed by atoms with E-state index in [0.717, 1.165) is 5.56 Å². The molecule has 8 nitrogen and oxygen atoms in total. The first-order chi connectivity index (χ1) is 13.4. The Hall–Kier alpha value is -3.46. The van der Waals surface area contributed by atoms with Gasteiger partial charge in [0.2, 0.25) is 0 Å². The Morgan fingerprint density at radius 1 is 1.04 bits per heavy atom. The van der Waals surface area contributed by atoms with Gasteiger partial charge in [-0.1, -0.05) is 12.1 Å². The molecule has 144 valence electrons. The standard InChI is InChI=1S/C19H19N5O3S/c1-14-4-2-6-18(22-14)24-28(26,27)17-9-7-16(8-10-17)23-19(25)21-13-15-5-3-11-20-12-15/h2-12H,13H2,1H3,(H,22,24)(H2,21,23,25). The Kier molecular flexibility index (Phi) is 5.85. The van der Waals surface area contributed by atoms with Crippen LogP contribution in [0.3, 0.4) is 0 Å². The number of nitrogens with one attached hydrogen (secondary N) is 3. The van der Waals surface area contributed by atoms with E-state index in [9.17, 15) is 13.2 Å². The third-order valence-electron chi connectivity index (χ3n) is 3.73. The zero-order valence-corrected chi connectivity index (χ0v) is 15.9. The molecule has 0 bridgehead atoms. The van der Waals surface area contributed by atoms with E-state index in [2.05, 4.69) is 25.3 Å². The van der Waals surface area contributed by atoms with Crippen LogP contribution < -0.4 is 15.4 Å². The number of carbonyl (C=O) groups excluding carboxylic acids is 1. The van der Waals surface area contributed by atoms with Crippen LogP contribution in [0.25, 0.3) is 0 Å². The molecule has 3 rings (SSSR count). The number of aryl methyl sites for hydroxylation is 1. The number of hydrogen-bond acceptors (Lipinski definition) is 5. The number of benzene rings is 1. The molecule has 2 heterocycles. The summed E-state index contributed by atoms with van der Waals surface area (Å²) in [5, 5.41) is 5.35. The van der Waals surface area contributed by atoms with Crippen molar-refractivity contribution in [3.63, 3.8) is 0 Å². The van der Waals surface area contributed by atoms with Crippen molar-refractivity contribution >= 4 is 27.6 Å². The molecule has 2 aromatic heterocycles. The zero-order chi connectivity index (χ0) is 20.0. The van der Waals surface area contributed by atoms with Gasteiger partial charge >= 0.3 is 6.03 Å². The summed E-state index contributed by atoms with van der Waals surface area (Å²) < 4.78 is 27.3. The summed E-state index contributed by atoms with van der Waals surface area (Å²) in [5.74, 6) is 0.247. The maximum absolute atomic E-state index is 12.4. The predicted octanol–water partition coefficient (Wildman–Crippen LogP) is 2.91. The van der Waals surface area contributed by atoms with Gasteiger partial charge in [0.05, 0.1) is 4.90 Å². The minimum absolute atomic E-state index is 0.0668. The molecule has 0 atom stereocenters. The fourth-order valence-corrected chi connectivity index (χ4v) is 3.38. The molecule has 0 saturated heterocycles. The van der Waals surface area contributed by atoms with E-state index in [-0.39, 0.29) is 10.7 Å². The highest BCUT2D eigenvalue weighted by atomic mass is 32.2. The van der Waals surface area contributed by atoms with Crippen molar-refractivity contribution in [1.29, 1.82) is 0 Å². The summed E-state index contributed by atoms with van der Waals surface area (Å²) in [4.78, 5) is 20.1. The average Bonchev–Trinajstić information content (AvgIpc) is 2.67. The molecular formula is C19H19N5O3S. The number of hydrogen-bond donors (Lipinski definition) is 3. The number of pyridine rings is 2. The quantitative estimate of drug-likeness (QED) is 0.592. The van der Waals surface area contributed by atoms with Crippen LogP contribution in [-0.4, -0.2) is 24.4 Å². The first-order valence-corrected chi connectivity index (χ1v) is 9.91. The number of anilines is 2. The number of sulfonamides is 1. The van der Waals surface area contributed by atoms with Crippen molar-refractivity contribution in [2.45, 2.75) is 18.4 Å². The molecule has 0 aliphatic heterocycles. The second-order valence-corrected chi connectivity index (χ2v) is 7.65. The van der Waals surface area contributed by atoms with Crippen LogP contribution in [0, 0.1) is 6.92 Å². The van der Waals surface area contributed by atoms with E-state index in [1.165, 1.54) is 24.3 Å². The fraction of sp³-hybridized carbons (Fsp3) is 0.105. The van der Waals surface area contributed by atoms with Gasteiger partial charge in [-0.15, -0.1) is 0 Å². The highest BCUT2D eigenvalue weighted by molar-refractivity contribution is 7.92. The van der Waals surface area contributed by atoms with Crippen LogP contribution in [0.15, 0.2) is 71.9 Å². The van der Waals surface area contributed by atoms with Crippen molar-refractivity contribution in [3.05, 3.63) is 78.2 Å². The molecule has 0 aliphatic carbocycles. The van der Waals surface area contributed by atoms with Gasteiger partial charge in [0, 0.05) is 30.3 Å². The third-order valence-corrected chi connectivity index (χ3v) is 5.10. The normalized spacial score (nSPS) is 10.9. The first-order valence-electron chi connectivity index (χ1n) is 8.43. The van der Waals surface area contributed by atoms with Gasteiger partial charge in [-0.2, -0.15) is 0 Å². The lowest BCUT2D eigenvalue weighted by molar-refractivity contribution is 0.251. The highest BCUT2D eigenvalue weighted by Crippen LogP contribution is 2.17. The Labute approximate surface area is 163 Å². The maximum Gasteiger partial charge on any atom is 0.319 e. The second-order valence-electron chi connectivity index (χ2n) is 5.96. The minimum Gasteiger partial charge on any atom is -0.334 e. The SMILES string of the molecule is Cc1cccc(NS(=O)(=O)c2ccc(NC(=O)NCc3cccnc3)cc2)n1. The van der Waals surface area contributed by atoms with Gasteiger partial charge in [0.15, 0.2) is 0 Å². The maximum atomic E-state index is 12.4. The van der Waals surface area contributed by atoms with E-state index in [1.54, 1.807) is 43.6 Å². The first kappa shape index (κ1) is 19.3. The van der Waals surface area contributed by atoms with Gasteiger partial charge in [-0.3, -0.25) is 9.71 Å². The van der Waals surface area contributed by atoms with E-state index < -0.39 is 16.1 Å². The number of nitrogens with zero attached hydrogens (tertiary/aromatic N) is 2. The summed E-state index contributed by atoms with van der Waals surface area (Å²) >= 11 is 0. The largest absolute Gasteiger partial charge is 0.334 e. The fourth-order valence-electron chi connectivity index (χ4n) is 2.37. The lowest BCUT2D eigenvalue weighted by atomic mass is 10.3. The second kappa shape index (κ2) is 8.49. The minimum atomic E-state index is -3.77. The van der Waals surface area contributed by atoms with E-state index in [0.29, 0.717) is 17.9 Å². The van der Waals surface area contributed by atoms with Crippen LogP contribution in [0.4, 0.5) is 16.3 Å². The molecule has 3 aromatic rings. The summed E-state index contributed by atoms with van der Waals surface area (Å²) in [6.07, 6.45) is 3.32. The number of amides is 2. The predicted molar refractivity (Wildman–Crippen MR) is 106 cm³/mol. The van der Waals surface area contributed by atoms with Crippen LogP contribution in [0.2, 0.25) is 0 Å². The highest BCUT2D eigenvalue weighted by Gasteiger charge is 2.15. The third kappa shape index (κ3) is 5.27. The van der Waals surface area contributed by atoms with Gasteiger partial charge in [-0.05, 0) is 55.0 Å². The van der Waals surface area contributed by atoms with Crippen molar-refractivity contribution in [1.82, 2.24) is 15.3 Å². The van der Waals surface area contributed by atoms with E-state index in [4.69, 9.17) is 0 Å². The summed E-state index contributed by atoms with van der Waals surface area (Å²) in [5.41, 5.74) is 2.04. The van der Waals surface area contributed by atoms with Crippen LogP contribution in [0.5, 0.6) is 0 Å². The van der Waals surface area contributed by atoms with Crippen LogP contribution in [-0.2, 0) is 16.6 Å². The molecule has 0 fully saturated rings. The van der Waals surface area contributed by atoms with Gasteiger partial charge < -0.3 is 10.6 Å².